The summed E-state index contributed by atoms with van der Waals surface area (Å²) in [5.74, 6) is -0.0187. The second kappa shape index (κ2) is 9.71. The van der Waals surface area contributed by atoms with Gasteiger partial charge >= 0.3 is 5.97 Å². The number of hydrogen-bond donors (Lipinski definition) is 1. The van der Waals surface area contributed by atoms with Crippen molar-refractivity contribution in [3.63, 3.8) is 0 Å². The Hall–Kier alpha value is -2.64. The summed E-state index contributed by atoms with van der Waals surface area (Å²) in [4.78, 5) is 25.4. The highest BCUT2D eigenvalue weighted by molar-refractivity contribution is 9.10. The Morgan fingerprint density at radius 3 is 2.41 bits per heavy atom. The largest absolute Gasteiger partial charge is 0.494 e. The maximum Gasteiger partial charge on any atom is 0.341 e. The third kappa shape index (κ3) is 4.86. The molecule has 0 aliphatic rings. The Kier molecular flexibility index (Phi) is 7.06. The number of thiophene rings is 1. The first kappa shape index (κ1) is 21.1. The molecule has 1 N–H and O–H groups in total. The van der Waals surface area contributed by atoms with Crippen molar-refractivity contribution < 1.29 is 19.1 Å². The highest BCUT2D eigenvalue weighted by Crippen LogP contribution is 2.37. The van der Waals surface area contributed by atoms with Crippen molar-refractivity contribution in [2.45, 2.75) is 13.8 Å². The summed E-state index contributed by atoms with van der Waals surface area (Å²) in [6, 6.07) is 14.6. The van der Waals surface area contributed by atoms with Gasteiger partial charge in [-0.05, 0) is 59.6 Å². The van der Waals surface area contributed by atoms with E-state index < -0.39 is 5.97 Å². The Morgan fingerprint density at radius 1 is 1.03 bits per heavy atom. The minimum atomic E-state index is -0.472. The molecule has 1 heterocycles. The number of benzene rings is 2. The maximum atomic E-state index is 12.7. The Labute approximate surface area is 181 Å². The Morgan fingerprint density at radius 2 is 1.76 bits per heavy atom. The summed E-state index contributed by atoms with van der Waals surface area (Å²) in [7, 11) is 0. The summed E-state index contributed by atoms with van der Waals surface area (Å²) >= 11 is 4.67. The van der Waals surface area contributed by atoms with Crippen LogP contribution in [0.15, 0.2) is 58.4 Å². The third-order valence-corrected chi connectivity index (χ3v) is 5.68. The fourth-order valence-electron chi connectivity index (χ4n) is 2.78. The van der Waals surface area contributed by atoms with Crippen LogP contribution in [-0.4, -0.2) is 25.1 Å². The summed E-state index contributed by atoms with van der Waals surface area (Å²) in [6.45, 7) is 4.50. The molecule has 2 aromatic carbocycles. The first-order chi connectivity index (χ1) is 14.0. The van der Waals surface area contributed by atoms with Gasteiger partial charge in [-0.3, -0.25) is 4.79 Å². The van der Waals surface area contributed by atoms with Crippen LogP contribution < -0.4 is 10.1 Å². The van der Waals surface area contributed by atoms with E-state index in [-0.39, 0.29) is 12.5 Å². The number of rotatable bonds is 7. The Bertz CT molecular complexity index is 1010. The number of carbonyl (C=O) groups is 2. The average Bonchev–Trinajstić information content (AvgIpc) is 3.13. The van der Waals surface area contributed by atoms with E-state index in [1.165, 1.54) is 11.3 Å². The van der Waals surface area contributed by atoms with Gasteiger partial charge in [0.25, 0.3) is 5.91 Å². The number of hydrogen-bond acceptors (Lipinski definition) is 5. The van der Waals surface area contributed by atoms with E-state index in [9.17, 15) is 9.59 Å². The fourth-order valence-corrected chi connectivity index (χ4v) is 4.20. The summed E-state index contributed by atoms with van der Waals surface area (Å²) in [6.07, 6.45) is 0. The highest BCUT2D eigenvalue weighted by Gasteiger charge is 2.23. The van der Waals surface area contributed by atoms with Crippen molar-refractivity contribution in [2.75, 3.05) is 18.5 Å². The van der Waals surface area contributed by atoms with Gasteiger partial charge in [-0.25, -0.2) is 4.79 Å². The molecule has 0 aliphatic carbocycles. The predicted molar refractivity (Wildman–Crippen MR) is 119 cm³/mol. The van der Waals surface area contributed by atoms with Crippen LogP contribution >= 0.6 is 27.3 Å². The first-order valence-corrected chi connectivity index (χ1v) is 10.8. The number of amides is 1. The molecule has 0 saturated carbocycles. The molecule has 0 spiro atoms. The van der Waals surface area contributed by atoms with Crippen molar-refractivity contribution in [3.05, 3.63) is 69.5 Å². The predicted octanol–water partition coefficient (Wildman–Crippen LogP) is 6.01. The molecule has 0 atom stereocenters. The van der Waals surface area contributed by atoms with Crippen LogP contribution in [0.4, 0.5) is 5.00 Å². The molecule has 0 aliphatic heterocycles. The van der Waals surface area contributed by atoms with E-state index in [0.717, 1.165) is 11.3 Å². The molecule has 1 aromatic heterocycles. The van der Waals surface area contributed by atoms with Gasteiger partial charge in [0.05, 0.1) is 18.8 Å². The smallest absolute Gasteiger partial charge is 0.341 e. The van der Waals surface area contributed by atoms with Gasteiger partial charge in [0.2, 0.25) is 0 Å². The second-order valence-corrected chi connectivity index (χ2v) is 7.70. The number of carbonyl (C=O) groups excluding carboxylic acids is 2. The molecule has 0 unspecified atom stereocenters. The fraction of sp³-hybridized carbons (Fsp3) is 0.182. The lowest BCUT2D eigenvalue weighted by atomic mass is 10.0. The van der Waals surface area contributed by atoms with Crippen LogP contribution in [-0.2, 0) is 4.74 Å². The number of nitrogens with one attached hydrogen (secondary N) is 1. The van der Waals surface area contributed by atoms with Crippen molar-refractivity contribution >= 4 is 44.1 Å². The molecule has 0 fully saturated rings. The monoisotopic (exact) mass is 473 g/mol. The zero-order valence-electron chi connectivity index (χ0n) is 16.0. The number of ether oxygens (including phenoxy) is 2. The zero-order valence-corrected chi connectivity index (χ0v) is 18.4. The van der Waals surface area contributed by atoms with Crippen LogP contribution in [0.1, 0.15) is 34.6 Å². The normalized spacial score (nSPS) is 10.4. The third-order valence-electron chi connectivity index (χ3n) is 4.09. The number of anilines is 1. The SMILES string of the molecule is CCOC(=O)c1c(-c2ccc(OCC)cc2)csc1NC(=O)c1ccccc1Br. The second-order valence-electron chi connectivity index (χ2n) is 5.97. The van der Waals surface area contributed by atoms with E-state index in [0.29, 0.717) is 32.8 Å². The first-order valence-electron chi connectivity index (χ1n) is 9.12. The van der Waals surface area contributed by atoms with Crippen LogP contribution in [0.2, 0.25) is 0 Å². The van der Waals surface area contributed by atoms with Crippen molar-refractivity contribution in [1.29, 1.82) is 0 Å². The van der Waals surface area contributed by atoms with E-state index in [2.05, 4.69) is 21.2 Å². The molecule has 1 amide bonds. The summed E-state index contributed by atoms with van der Waals surface area (Å²) in [5, 5.41) is 5.15. The van der Waals surface area contributed by atoms with E-state index in [1.807, 2.05) is 42.6 Å². The van der Waals surface area contributed by atoms with Gasteiger partial charge in [0.15, 0.2) is 0 Å². The molecule has 150 valence electrons. The van der Waals surface area contributed by atoms with Crippen LogP contribution in [0, 0.1) is 0 Å². The standard InChI is InChI=1S/C22H20BrNO4S/c1-3-27-15-11-9-14(10-12-15)17-13-29-21(19(17)22(26)28-4-2)24-20(25)16-7-5-6-8-18(16)23/h5-13H,3-4H2,1-2H3,(H,24,25). The minimum Gasteiger partial charge on any atom is -0.494 e. The minimum absolute atomic E-state index is 0.245. The van der Waals surface area contributed by atoms with Gasteiger partial charge < -0.3 is 14.8 Å². The molecule has 3 rings (SSSR count). The molecular formula is C22H20BrNO4S. The van der Waals surface area contributed by atoms with Gasteiger partial charge in [0, 0.05) is 15.4 Å². The van der Waals surface area contributed by atoms with E-state index in [1.54, 1.807) is 25.1 Å². The maximum absolute atomic E-state index is 12.7. The molecule has 0 bridgehead atoms. The molecule has 3 aromatic rings. The molecule has 7 heteroatoms. The van der Waals surface area contributed by atoms with Crippen LogP contribution in [0.25, 0.3) is 11.1 Å². The van der Waals surface area contributed by atoms with Gasteiger partial charge in [0.1, 0.15) is 16.3 Å². The zero-order chi connectivity index (χ0) is 20.8. The summed E-state index contributed by atoms with van der Waals surface area (Å²) in [5.41, 5.74) is 2.38. The molecule has 0 saturated heterocycles. The lowest BCUT2D eigenvalue weighted by Crippen LogP contribution is -2.15. The van der Waals surface area contributed by atoms with Gasteiger partial charge in [-0.1, -0.05) is 24.3 Å². The summed E-state index contributed by atoms with van der Waals surface area (Å²) < 4.78 is 11.4. The molecule has 29 heavy (non-hydrogen) atoms. The van der Waals surface area contributed by atoms with Crippen molar-refractivity contribution in [3.8, 4) is 16.9 Å². The van der Waals surface area contributed by atoms with Crippen molar-refractivity contribution in [1.82, 2.24) is 0 Å². The highest BCUT2D eigenvalue weighted by atomic mass is 79.9. The lowest BCUT2D eigenvalue weighted by Gasteiger charge is -2.10. The van der Waals surface area contributed by atoms with Crippen LogP contribution in [0.3, 0.4) is 0 Å². The quantitative estimate of drug-likeness (QED) is 0.427. The molecular weight excluding hydrogens is 454 g/mol. The Balaban J connectivity index is 1.96. The average molecular weight is 474 g/mol. The van der Waals surface area contributed by atoms with E-state index in [4.69, 9.17) is 9.47 Å². The van der Waals surface area contributed by atoms with Gasteiger partial charge in [-0.15, -0.1) is 11.3 Å². The number of halogens is 1. The van der Waals surface area contributed by atoms with Crippen molar-refractivity contribution in [2.24, 2.45) is 0 Å². The molecule has 5 nitrogen and oxygen atoms in total. The topological polar surface area (TPSA) is 64.6 Å². The lowest BCUT2D eigenvalue weighted by molar-refractivity contribution is 0.0529. The van der Waals surface area contributed by atoms with Gasteiger partial charge in [-0.2, -0.15) is 0 Å². The van der Waals surface area contributed by atoms with Crippen LogP contribution in [0.5, 0.6) is 5.75 Å². The van der Waals surface area contributed by atoms with E-state index >= 15 is 0 Å². The molecule has 0 radical (unpaired) electrons. The number of esters is 1.